The van der Waals surface area contributed by atoms with Crippen molar-refractivity contribution < 1.29 is 0 Å². The number of hydrogen-bond acceptors (Lipinski definition) is 9. The Morgan fingerprint density at radius 3 is 2.62 bits per heavy atom. The molecule has 132 valence electrons. The van der Waals surface area contributed by atoms with Gasteiger partial charge in [0.25, 0.3) is 0 Å². The summed E-state index contributed by atoms with van der Waals surface area (Å²) in [5.41, 5.74) is 11.1. The number of hydrogen-bond donors (Lipinski definition) is 3. The zero-order chi connectivity index (χ0) is 17.3. The number of nitrogens with one attached hydrogen (secondary N) is 3. The van der Waals surface area contributed by atoms with Crippen LogP contribution >= 0.6 is 0 Å². The van der Waals surface area contributed by atoms with Gasteiger partial charge < -0.3 is 15.6 Å². The van der Waals surface area contributed by atoms with Crippen molar-refractivity contribution in [2.75, 3.05) is 36.5 Å². The highest BCUT2D eigenvalue weighted by molar-refractivity contribution is 5.78. The maximum Gasteiger partial charge on any atom is 0.245 e. The van der Waals surface area contributed by atoms with Crippen LogP contribution in [0.5, 0.6) is 0 Å². The maximum atomic E-state index is 4.53. The first-order valence-electron chi connectivity index (χ1n) is 8.57. The molecule has 3 aromatic rings. The monoisotopic (exact) mass is 350 g/mol. The average Bonchev–Trinajstić information content (AvgIpc) is 3.40. The summed E-state index contributed by atoms with van der Waals surface area (Å²) in [5.74, 6) is 0.681. The van der Waals surface area contributed by atoms with E-state index >= 15 is 0 Å². The van der Waals surface area contributed by atoms with Crippen LogP contribution in [0, 0.1) is 0 Å². The number of fused-ring (bicyclic) bond motifs is 1. The van der Waals surface area contributed by atoms with Crippen LogP contribution in [-0.4, -0.2) is 56.4 Å². The second kappa shape index (κ2) is 6.32. The maximum absolute atomic E-state index is 4.53. The lowest BCUT2D eigenvalue weighted by molar-refractivity contribution is 0.577. The van der Waals surface area contributed by atoms with E-state index in [-0.39, 0.29) is 0 Å². The molecular weight excluding hydrogens is 332 g/mol. The summed E-state index contributed by atoms with van der Waals surface area (Å²) >= 11 is 0. The molecule has 0 amide bonds. The lowest BCUT2D eigenvalue weighted by Crippen LogP contribution is -2.44. The fraction of sp³-hybridized carbons (Fsp3) is 0.312. The highest BCUT2D eigenvalue weighted by Crippen LogP contribution is 2.34. The summed E-state index contributed by atoms with van der Waals surface area (Å²) in [6.45, 7) is 4.37. The number of rotatable bonds is 3. The highest BCUT2D eigenvalue weighted by Gasteiger charge is 2.22. The molecule has 10 heteroatoms. The Bertz CT molecular complexity index is 900. The third-order valence-corrected chi connectivity index (χ3v) is 4.63. The molecule has 0 radical (unpaired) electrons. The summed E-state index contributed by atoms with van der Waals surface area (Å²) in [4.78, 5) is 8.27. The molecule has 1 saturated heterocycles. The minimum absolute atomic E-state index is 0.681. The molecule has 0 unspecified atom stereocenters. The lowest BCUT2D eigenvalue weighted by Gasteiger charge is -2.26. The molecule has 2 aromatic heterocycles. The Balaban J connectivity index is 1.50. The minimum Gasteiger partial charge on any atom is -0.337 e. The smallest absolute Gasteiger partial charge is 0.245 e. The lowest BCUT2D eigenvalue weighted by atomic mass is 10.0. The summed E-state index contributed by atoms with van der Waals surface area (Å²) in [7, 11) is 0. The van der Waals surface area contributed by atoms with Crippen molar-refractivity contribution in [2.45, 2.75) is 6.54 Å². The molecule has 2 aliphatic rings. The van der Waals surface area contributed by atoms with Gasteiger partial charge in [0, 0.05) is 43.9 Å². The number of anilines is 2. The predicted molar refractivity (Wildman–Crippen MR) is 95.7 cm³/mol. The first kappa shape index (κ1) is 15.2. The highest BCUT2D eigenvalue weighted by atomic mass is 15.5. The fourth-order valence-electron chi connectivity index (χ4n) is 3.33. The fourth-order valence-corrected chi connectivity index (χ4v) is 3.33. The van der Waals surface area contributed by atoms with Crippen molar-refractivity contribution in [1.82, 2.24) is 40.9 Å². The SMILES string of the molecule is c1cnn(-c2ccc(-c3cnc(N4CCNCC4)nn3)c3c2NNC3)n1. The van der Waals surface area contributed by atoms with Gasteiger partial charge >= 0.3 is 0 Å². The largest absolute Gasteiger partial charge is 0.337 e. The zero-order valence-corrected chi connectivity index (χ0v) is 14.1. The Hall–Kier alpha value is -3.11. The van der Waals surface area contributed by atoms with Crippen LogP contribution in [0.4, 0.5) is 11.6 Å². The molecule has 10 nitrogen and oxygen atoms in total. The van der Waals surface area contributed by atoms with E-state index < -0.39 is 0 Å². The normalized spacial score (nSPS) is 16.4. The molecule has 1 aromatic carbocycles. The van der Waals surface area contributed by atoms with Crippen LogP contribution in [0.25, 0.3) is 16.9 Å². The standard InChI is InChI=1S/C16H18N10/c1-2-14(26-20-3-4-21-26)15-12(9-19-23-15)11(1)13-10-18-16(24-22-13)25-7-5-17-6-8-25/h1-4,10,17,19,23H,5-9H2. The number of hydrazine groups is 1. The van der Waals surface area contributed by atoms with Gasteiger partial charge in [-0.05, 0) is 12.1 Å². The second-order valence-electron chi connectivity index (χ2n) is 6.16. The van der Waals surface area contributed by atoms with Crippen molar-refractivity contribution in [3.05, 3.63) is 36.3 Å². The van der Waals surface area contributed by atoms with Crippen LogP contribution in [-0.2, 0) is 6.54 Å². The second-order valence-corrected chi connectivity index (χ2v) is 6.16. The number of aromatic nitrogens is 6. The van der Waals surface area contributed by atoms with Gasteiger partial charge in [0.15, 0.2) is 0 Å². The topological polar surface area (TPSA) is 109 Å². The molecule has 4 heterocycles. The molecule has 2 aliphatic heterocycles. The van der Waals surface area contributed by atoms with E-state index in [1.807, 2.05) is 12.1 Å². The van der Waals surface area contributed by atoms with Crippen molar-refractivity contribution in [1.29, 1.82) is 0 Å². The average molecular weight is 350 g/mol. The molecule has 0 aliphatic carbocycles. The van der Waals surface area contributed by atoms with Crippen molar-refractivity contribution >= 4 is 11.6 Å². The van der Waals surface area contributed by atoms with Crippen molar-refractivity contribution in [3.8, 4) is 16.9 Å². The zero-order valence-electron chi connectivity index (χ0n) is 14.1. The first-order chi connectivity index (χ1) is 12.9. The molecule has 0 spiro atoms. The van der Waals surface area contributed by atoms with E-state index in [0.717, 1.165) is 54.4 Å². The molecular formula is C16H18N10. The summed E-state index contributed by atoms with van der Waals surface area (Å²) in [6.07, 6.45) is 5.12. The molecule has 0 saturated carbocycles. The van der Waals surface area contributed by atoms with Gasteiger partial charge in [0.05, 0.1) is 24.3 Å². The van der Waals surface area contributed by atoms with Gasteiger partial charge in [-0.25, -0.2) is 10.4 Å². The van der Waals surface area contributed by atoms with Crippen LogP contribution in [0.1, 0.15) is 5.56 Å². The van der Waals surface area contributed by atoms with Gasteiger partial charge in [-0.1, -0.05) is 0 Å². The van der Waals surface area contributed by atoms with Crippen LogP contribution in [0.15, 0.2) is 30.7 Å². The molecule has 0 atom stereocenters. The van der Waals surface area contributed by atoms with E-state index in [9.17, 15) is 0 Å². The summed E-state index contributed by atoms with van der Waals surface area (Å²) < 4.78 is 0. The van der Waals surface area contributed by atoms with Crippen LogP contribution in [0.2, 0.25) is 0 Å². The number of piperazine rings is 1. The molecule has 5 rings (SSSR count). The Morgan fingerprint density at radius 1 is 1.00 bits per heavy atom. The summed E-state index contributed by atoms with van der Waals surface area (Å²) in [5, 5.41) is 20.5. The van der Waals surface area contributed by atoms with E-state index in [1.54, 1.807) is 23.4 Å². The Labute approximate surface area is 149 Å². The summed E-state index contributed by atoms with van der Waals surface area (Å²) in [6, 6.07) is 3.99. The molecule has 26 heavy (non-hydrogen) atoms. The Morgan fingerprint density at radius 2 is 1.85 bits per heavy atom. The number of benzene rings is 1. The third-order valence-electron chi connectivity index (χ3n) is 4.63. The van der Waals surface area contributed by atoms with Crippen LogP contribution < -0.4 is 21.1 Å². The van der Waals surface area contributed by atoms with Crippen molar-refractivity contribution in [3.63, 3.8) is 0 Å². The number of nitrogens with zero attached hydrogens (tertiary/aromatic N) is 7. The Kier molecular flexibility index (Phi) is 3.68. The quantitative estimate of drug-likeness (QED) is 0.599. The molecule has 3 N–H and O–H groups in total. The van der Waals surface area contributed by atoms with E-state index in [1.165, 1.54) is 0 Å². The van der Waals surface area contributed by atoms with E-state index in [2.05, 4.69) is 46.4 Å². The van der Waals surface area contributed by atoms with Gasteiger partial charge in [-0.15, -0.1) is 15.0 Å². The third kappa shape index (κ3) is 2.55. The molecule has 0 bridgehead atoms. The van der Waals surface area contributed by atoms with Gasteiger partial charge in [0.2, 0.25) is 5.95 Å². The van der Waals surface area contributed by atoms with Gasteiger partial charge in [-0.2, -0.15) is 10.2 Å². The molecule has 1 fully saturated rings. The van der Waals surface area contributed by atoms with E-state index in [0.29, 0.717) is 12.5 Å². The van der Waals surface area contributed by atoms with Gasteiger partial charge in [0.1, 0.15) is 11.4 Å². The first-order valence-corrected chi connectivity index (χ1v) is 8.57. The van der Waals surface area contributed by atoms with Crippen LogP contribution in [0.3, 0.4) is 0 Å². The van der Waals surface area contributed by atoms with E-state index in [4.69, 9.17) is 0 Å². The predicted octanol–water partition coefficient (Wildman–Crippen LogP) is -0.0410. The minimum atomic E-state index is 0.681. The van der Waals surface area contributed by atoms with Gasteiger partial charge in [-0.3, -0.25) is 0 Å². The van der Waals surface area contributed by atoms with Crippen molar-refractivity contribution in [2.24, 2.45) is 0 Å².